The summed E-state index contributed by atoms with van der Waals surface area (Å²) in [5.74, 6) is 2.45. The minimum Gasteiger partial charge on any atom is -0.465 e. The van der Waals surface area contributed by atoms with E-state index in [1.165, 1.54) is 11.1 Å². The number of ether oxygens (including phenoxy) is 1. The number of aryl methyl sites for hydroxylation is 1. The molecule has 3 heteroatoms. The fourth-order valence-electron chi connectivity index (χ4n) is 2.45. The SMILES string of the molecule is Cc1ccc(Cc2ccc(Cc3ccc(OC#N)cc3)o2)cc1. The zero-order chi connectivity index (χ0) is 16.1. The summed E-state index contributed by atoms with van der Waals surface area (Å²) in [4.78, 5) is 0. The van der Waals surface area contributed by atoms with Crippen LogP contribution in [0.4, 0.5) is 0 Å². The van der Waals surface area contributed by atoms with Gasteiger partial charge in [0, 0.05) is 12.8 Å². The molecule has 0 radical (unpaired) electrons. The van der Waals surface area contributed by atoms with Gasteiger partial charge in [-0.05, 0) is 42.3 Å². The Morgan fingerprint density at radius 3 is 1.87 bits per heavy atom. The zero-order valence-corrected chi connectivity index (χ0v) is 13.0. The highest BCUT2D eigenvalue weighted by atomic mass is 16.5. The lowest BCUT2D eigenvalue weighted by molar-refractivity contribution is 0.481. The van der Waals surface area contributed by atoms with E-state index in [0.717, 1.165) is 29.9 Å². The Kier molecular flexibility index (Phi) is 4.44. The lowest BCUT2D eigenvalue weighted by Crippen LogP contribution is -1.88. The zero-order valence-electron chi connectivity index (χ0n) is 13.0. The minimum atomic E-state index is 0.552. The molecule has 23 heavy (non-hydrogen) atoms. The lowest BCUT2D eigenvalue weighted by Gasteiger charge is -2.01. The normalized spacial score (nSPS) is 10.3. The van der Waals surface area contributed by atoms with Crippen molar-refractivity contribution in [3.05, 3.63) is 88.9 Å². The molecular formula is C20H17NO2. The molecule has 2 aromatic carbocycles. The van der Waals surface area contributed by atoms with Crippen LogP contribution < -0.4 is 4.74 Å². The van der Waals surface area contributed by atoms with Gasteiger partial charge in [0.15, 0.2) is 0 Å². The first-order valence-electron chi connectivity index (χ1n) is 7.51. The van der Waals surface area contributed by atoms with Crippen molar-refractivity contribution >= 4 is 0 Å². The van der Waals surface area contributed by atoms with Gasteiger partial charge >= 0.3 is 0 Å². The third-order valence-corrected chi connectivity index (χ3v) is 3.68. The molecule has 1 heterocycles. The van der Waals surface area contributed by atoms with Gasteiger partial charge in [0.2, 0.25) is 0 Å². The molecular weight excluding hydrogens is 286 g/mol. The van der Waals surface area contributed by atoms with Gasteiger partial charge in [-0.25, -0.2) is 0 Å². The molecule has 0 saturated carbocycles. The van der Waals surface area contributed by atoms with E-state index in [4.69, 9.17) is 14.4 Å². The van der Waals surface area contributed by atoms with Crippen molar-refractivity contribution in [2.24, 2.45) is 0 Å². The molecule has 0 fully saturated rings. The minimum absolute atomic E-state index is 0.552. The van der Waals surface area contributed by atoms with Crippen LogP contribution in [-0.4, -0.2) is 0 Å². The van der Waals surface area contributed by atoms with Crippen LogP contribution in [0.1, 0.15) is 28.2 Å². The van der Waals surface area contributed by atoms with Crippen LogP contribution in [0, 0.1) is 18.4 Å². The molecule has 114 valence electrons. The summed E-state index contributed by atoms with van der Waals surface area (Å²) in [7, 11) is 0. The van der Waals surface area contributed by atoms with Crippen LogP contribution in [0.25, 0.3) is 0 Å². The molecule has 0 amide bonds. The van der Waals surface area contributed by atoms with Crippen LogP contribution in [0.5, 0.6) is 5.75 Å². The predicted octanol–water partition coefficient (Wildman–Crippen LogP) is 4.63. The predicted molar refractivity (Wildman–Crippen MR) is 88.2 cm³/mol. The Balaban J connectivity index is 1.65. The molecule has 3 rings (SSSR count). The van der Waals surface area contributed by atoms with Gasteiger partial charge in [0.25, 0.3) is 6.26 Å². The molecule has 3 aromatic rings. The first kappa shape index (κ1) is 14.9. The maximum atomic E-state index is 8.48. The van der Waals surface area contributed by atoms with Crippen molar-refractivity contribution in [1.82, 2.24) is 0 Å². The number of rotatable bonds is 5. The van der Waals surface area contributed by atoms with E-state index in [1.54, 1.807) is 18.4 Å². The molecule has 0 atom stereocenters. The van der Waals surface area contributed by atoms with Crippen LogP contribution in [0.2, 0.25) is 0 Å². The van der Waals surface area contributed by atoms with Crippen LogP contribution in [0.3, 0.4) is 0 Å². The topological polar surface area (TPSA) is 46.2 Å². The lowest BCUT2D eigenvalue weighted by atomic mass is 10.1. The van der Waals surface area contributed by atoms with E-state index in [-0.39, 0.29) is 0 Å². The summed E-state index contributed by atoms with van der Waals surface area (Å²) in [6.45, 7) is 2.09. The van der Waals surface area contributed by atoms with Gasteiger partial charge in [0.1, 0.15) is 17.3 Å². The highest BCUT2D eigenvalue weighted by Gasteiger charge is 2.05. The summed E-state index contributed by atoms with van der Waals surface area (Å²) in [6, 6.07) is 20.0. The van der Waals surface area contributed by atoms with Crippen molar-refractivity contribution in [1.29, 1.82) is 5.26 Å². The van der Waals surface area contributed by atoms with Crippen molar-refractivity contribution < 1.29 is 9.15 Å². The Labute approximate surface area is 135 Å². The number of nitrogens with zero attached hydrogens (tertiary/aromatic N) is 1. The van der Waals surface area contributed by atoms with E-state index in [9.17, 15) is 0 Å². The van der Waals surface area contributed by atoms with E-state index in [1.807, 2.05) is 24.3 Å². The summed E-state index contributed by atoms with van der Waals surface area (Å²) < 4.78 is 10.7. The van der Waals surface area contributed by atoms with E-state index < -0.39 is 0 Å². The summed E-state index contributed by atoms with van der Waals surface area (Å²) in [5.41, 5.74) is 3.62. The first-order valence-corrected chi connectivity index (χ1v) is 7.51. The van der Waals surface area contributed by atoms with Gasteiger partial charge < -0.3 is 9.15 Å². The number of furan rings is 1. The highest BCUT2D eigenvalue weighted by Crippen LogP contribution is 2.18. The van der Waals surface area contributed by atoms with Crippen LogP contribution in [0.15, 0.2) is 65.1 Å². The number of benzene rings is 2. The van der Waals surface area contributed by atoms with Gasteiger partial charge in [0.05, 0.1) is 0 Å². The smallest absolute Gasteiger partial charge is 0.292 e. The van der Waals surface area contributed by atoms with Gasteiger partial charge in [-0.3, -0.25) is 0 Å². The second-order valence-electron chi connectivity index (χ2n) is 5.54. The molecule has 0 aliphatic rings. The summed E-state index contributed by atoms with van der Waals surface area (Å²) in [6.07, 6.45) is 3.19. The third-order valence-electron chi connectivity index (χ3n) is 3.68. The van der Waals surface area contributed by atoms with Crippen molar-refractivity contribution in [3.8, 4) is 12.0 Å². The Hall–Kier alpha value is -2.99. The highest BCUT2D eigenvalue weighted by molar-refractivity contribution is 5.31. The van der Waals surface area contributed by atoms with E-state index in [0.29, 0.717) is 5.75 Å². The van der Waals surface area contributed by atoms with Crippen molar-refractivity contribution in [2.45, 2.75) is 19.8 Å². The standard InChI is InChI=1S/C20H17NO2/c1-15-2-4-16(5-3-15)12-19-10-11-20(23-19)13-17-6-8-18(9-7-17)22-14-21/h2-11H,12-13H2,1H3. The fraction of sp³-hybridized carbons (Fsp3) is 0.150. The molecule has 3 nitrogen and oxygen atoms in total. The first-order chi connectivity index (χ1) is 11.2. The molecule has 0 spiro atoms. The van der Waals surface area contributed by atoms with Gasteiger partial charge in [-0.2, -0.15) is 0 Å². The molecule has 1 aromatic heterocycles. The van der Waals surface area contributed by atoms with E-state index in [2.05, 4.69) is 31.2 Å². The molecule has 0 aliphatic carbocycles. The largest absolute Gasteiger partial charge is 0.465 e. The van der Waals surface area contributed by atoms with Gasteiger partial charge in [-0.15, -0.1) is 5.26 Å². The molecule has 0 unspecified atom stereocenters. The average molecular weight is 303 g/mol. The Bertz CT molecular complexity index is 808. The summed E-state index contributed by atoms with van der Waals surface area (Å²) >= 11 is 0. The van der Waals surface area contributed by atoms with Crippen LogP contribution >= 0.6 is 0 Å². The third kappa shape index (κ3) is 4.02. The quantitative estimate of drug-likeness (QED) is 0.646. The fourth-order valence-corrected chi connectivity index (χ4v) is 2.45. The number of nitriles is 1. The second kappa shape index (κ2) is 6.85. The maximum absolute atomic E-state index is 8.48. The van der Waals surface area contributed by atoms with Gasteiger partial charge in [-0.1, -0.05) is 42.0 Å². The number of hydrogen-bond donors (Lipinski definition) is 0. The Morgan fingerprint density at radius 2 is 1.35 bits per heavy atom. The van der Waals surface area contributed by atoms with Crippen molar-refractivity contribution in [3.63, 3.8) is 0 Å². The molecule has 0 N–H and O–H groups in total. The molecule has 0 bridgehead atoms. The number of hydrogen-bond acceptors (Lipinski definition) is 3. The Morgan fingerprint density at radius 1 is 0.826 bits per heavy atom. The van der Waals surface area contributed by atoms with Crippen molar-refractivity contribution in [2.75, 3.05) is 0 Å². The second-order valence-corrected chi connectivity index (χ2v) is 5.54. The summed E-state index contributed by atoms with van der Waals surface area (Å²) in [5, 5.41) is 8.48. The van der Waals surface area contributed by atoms with Crippen LogP contribution in [-0.2, 0) is 12.8 Å². The maximum Gasteiger partial charge on any atom is 0.292 e. The molecule has 0 saturated heterocycles. The monoisotopic (exact) mass is 303 g/mol. The molecule has 0 aliphatic heterocycles. The average Bonchev–Trinajstić information content (AvgIpc) is 2.99. The van der Waals surface area contributed by atoms with E-state index >= 15 is 0 Å².